The predicted octanol–water partition coefficient (Wildman–Crippen LogP) is 4.45. The van der Waals surface area contributed by atoms with Gasteiger partial charge in [-0.2, -0.15) is 0 Å². The number of rotatable bonds is 11. The number of carbonyl (C=O) groups excluding carboxylic acids is 3. The molecule has 1 amide bonds. The van der Waals surface area contributed by atoms with Crippen molar-refractivity contribution in [1.29, 1.82) is 0 Å². The molecular weight excluding hydrogens is 516 g/mol. The third kappa shape index (κ3) is 7.32. The fraction of sp³-hybridized carbons (Fsp3) is 0.433. The topological polar surface area (TPSA) is 152 Å². The molecule has 3 rings (SSSR count). The number of aliphatic hydroxyl groups excluding tert-OH is 1. The average Bonchev–Trinajstić information content (AvgIpc) is 3.74. The van der Waals surface area contributed by atoms with E-state index in [9.17, 15) is 29.4 Å². The van der Waals surface area contributed by atoms with Crippen molar-refractivity contribution in [3.05, 3.63) is 58.9 Å². The Morgan fingerprint density at radius 1 is 1.12 bits per heavy atom. The van der Waals surface area contributed by atoms with Crippen LogP contribution >= 0.6 is 0 Å². The first-order valence-electron chi connectivity index (χ1n) is 13.1. The lowest BCUT2D eigenvalue weighted by atomic mass is 9.92. The monoisotopic (exact) mass is 552 g/mol. The molecule has 1 heterocycles. The molecule has 1 aromatic carbocycles. The second-order valence-electron chi connectivity index (χ2n) is 11.2. The van der Waals surface area contributed by atoms with Crippen LogP contribution in [0.1, 0.15) is 89.9 Å². The van der Waals surface area contributed by atoms with Gasteiger partial charge in [0, 0.05) is 18.0 Å². The standard InChI is InChI=1S/C30H36N2O8/c1-7-18-12-22(26(35)36)21(13-19(18)15-33)20-10-11-23(25(34)31-14-17-8-9-17)32-24(20)27(37)39-28(16(2)3)40-29(38)30(4,5)6/h7,10-13,16-17,28,33H,1,8-9,14-15H2,2-6H3,(H,31,34)(H,35,36). The van der Waals surface area contributed by atoms with E-state index < -0.39 is 48.0 Å². The first-order chi connectivity index (χ1) is 18.8. The fourth-order valence-corrected chi connectivity index (χ4v) is 3.74. The van der Waals surface area contributed by atoms with Gasteiger partial charge in [-0.15, -0.1) is 0 Å². The Morgan fingerprint density at radius 3 is 2.33 bits per heavy atom. The van der Waals surface area contributed by atoms with Gasteiger partial charge in [0.05, 0.1) is 17.6 Å². The molecular formula is C30H36N2O8. The second kappa shape index (κ2) is 12.4. The van der Waals surface area contributed by atoms with E-state index in [0.717, 1.165) is 12.8 Å². The van der Waals surface area contributed by atoms with Crippen LogP contribution < -0.4 is 5.32 Å². The highest BCUT2D eigenvalue weighted by molar-refractivity contribution is 6.03. The minimum Gasteiger partial charge on any atom is -0.478 e. The summed E-state index contributed by atoms with van der Waals surface area (Å²) in [7, 11) is 0. The minimum absolute atomic E-state index is 0.0638. The highest BCUT2D eigenvalue weighted by atomic mass is 16.7. The van der Waals surface area contributed by atoms with E-state index in [-0.39, 0.29) is 28.1 Å². The number of carboxylic acid groups (broad SMARTS) is 1. The number of carboxylic acids is 1. The number of amides is 1. The molecule has 1 fully saturated rings. The molecule has 1 aromatic heterocycles. The van der Waals surface area contributed by atoms with Gasteiger partial charge in [-0.1, -0.05) is 26.5 Å². The number of pyridine rings is 1. The highest BCUT2D eigenvalue weighted by Crippen LogP contribution is 2.32. The van der Waals surface area contributed by atoms with Crippen LogP contribution in [0.3, 0.4) is 0 Å². The number of hydrogen-bond acceptors (Lipinski definition) is 8. The van der Waals surface area contributed by atoms with Crippen LogP contribution in [0.15, 0.2) is 30.8 Å². The summed E-state index contributed by atoms with van der Waals surface area (Å²) in [5, 5.41) is 22.6. The summed E-state index contributed by atoms with van der Waals surface area (Å²) in [6.45, 7) is 12.1. The van der Waals surface area contributed by atoms with Crippen molar-refractivity contribution < 1.29 is 38.9 Å². The Bertz CT molecular complexity index is 1320. The molecule has 10 heteroatoms. The lowest BCUT2D eigenvalue weighted by molar-refractivity contribution is -0.184. The number of carbonyl (C=O) groups is 4. The molecule has 0 spiro atoms. The zero-order chi connectivity index (χ0) is 29.8. The van der Waals surface area contributed by atoms with Gasteiger partial charge in [-0.3, -0.25) is 9.59 Å². The van der Waals surface area contributed by atoms with Gasteiger partial charge in [-0.25, -0.2) is 14.6 Å². The molecule has 10 nitrogen and oxygen atoms in total. The fourth-order valence-electron chi connectivity index (χ4n) is 3.74. The summed E-state index contributed by atoms with van der Waals surface area (Å²) in [6.07, 6.45) is 2.20. The average molecular weight is 553 g/mol. The smallest absolute Gasteiger partial charge is 0.360 e. The van der Waals surface area contributed by atoms with Gasteiger partial charge in [0.25, 0.3) is 5.91 Å². The molecule has 40 heavy (non-hydrogen) atoms. The Balaban J connectivity index is 2.12. The van der Waals surface area contributed by atoms with Gasteiger partial charge >= 0.3 is 17.9 Å². The first kappa shape index (κ1) is 30.5. The highest BCUT2D eigenvalue weighted by Gasteiger charge is 2.32. The van der Waals surface area contributed by atoms with Gasteiger partial charge in [0.15, 0.2) is 5.69 Å². The maximum absolute atomic E-state index is 13.6. The molecule has 0 aliphatic heterocycles. The summed E-state index contributed by atoms with van der Waals surface area (Å²) in [6, 6.07) is 5.57. The largest absolute Gasteiger partial charge is 0.478 e. The summed E-state index contributed by atoms with van der Waals surface area (Å²) in [5.41, 5.74) is -0.498. The van der Waals surface area contributed by atoms with Crippen molar-refractivity contribution in [3.8, 4) is 11.1 Å². The number of aromatic carboxylic acids is 1. The normalized spacial score (nSPS) is 13.9. The van der Waals surface area contributed by atoms with Crippen LogP contribution in [0, 0.1) is 17.3 Å². The van der Waals surface area contributed by atoms with Gasteiger partial charge < -0.3 is 25.0 Å². The molecule has 2 aromatic rings. The van der Waals surface area contributed by atoms with E-state index >= 15 is 0 Å². The van der Waals surface area contributed by atoms with Crippen LogP contribution in [0.25, 0.3) is 17.2 Å². The number of hydrogen-bond donors (Lipinski definition) is 3. The first-order valence-corrected chi connectivity index (χ1v) is 13.1. The minimum atomic E-state index is -1.28. The van der Waals surface area contributed by atoms with E-state index in [2.05, 4.69) is 16.9 Å². The molecule has 0 bridgehead atoms. The third-order valence-electron chi connectivity index (χ3n) is 6.36. The van der Waals surface area contributed by atoms with Gasteiger partial charge in [0.2, 0.25) is 6.29 Å². The van der Waals surface area contributed by atoms with Gasteiger partial charge in [-0.05, 0) is 80.5 Å². The molecule has 1 aliphatic rings. The number of benzene rings is 1. The maximum atomic E-state index is 13.6. The number of ether oxygens (including phenoxy) is 2. The van der Waals surface area contributed by atoms with E-state index in [1.54, 1.807) is 34.6 Å². The Morgan fingerprint density at radius 2 is 1.80 bits per heavy atom. The molecule has 0 saturated heterocycles. The van der Waals surface area contributed by atoms with Crippen molar-refractivity contribution in [2.45, 2.75) is 60.4 Å². The van der Waals surface area contributed by atoms with Crippen LogP contribution in [0.4, 0.5) is 0 Å². The molecule has 3 N–H and O–H groups in total. The maximum Gasteiger partial charge on any atom is 0.360 e. The molecule has 1 unspecified atom stereocenters. The SMILES string of the molecule is C=Cc1cc(C(=O)O)c(-c2ccc(C(=O)NCC3CC3)nc2C(=O)OC(OC(=O)C(C)(C)C)C(C)C)cc1CO. The number of aliphatic hydroxyl groups is 1. The number of esters is 2. The van der Waals surface area contributed by atoms with Crippen molar-refractivity contribution >= 4 is 29.9 Å². The lowest BCUT2D eigenvalue weighted by Gasteiger charge is -2.25. The van der Waals surface area contributed by atoms with Crippen molar-refractivity contribution in [1.82, 2.24) is 10.3 Å². The molecule has 1 atom stereocenters. The van der Waals surface area contributed by atoms with E-state index in [4.69, 9.17) is 9.47 Å². The Kier molecular flexibility index (Phi) is 9.47. The summed E-state index contributed by atoms with van der Waals surface area (Å²) in [4.78, 5) is 55.4. The number of nitrogens with zero attached hydrogens (tertiary/aromatic N) is 1. The quantitative estimate of drug-likeness (QED) is 0.271. The van der Waals surface area contributed by atoms with E-state index in [1.807, 2.05) is 0 Å². The Hall–Kier alpha value is -4.05. The van der Waals surface area contributed by atoms with Crippen LogP contribution in [-0.2, 0) is 20.9 Å². The summed E-state index contributed by atoms with van der Waals surface area (Å²) >= 11 is 0. The molecule has 1 saturated carbocycles. The number of nitrogens with one attached hydrogen (secondary N) is 1. The summed E-state index contributed by atoms with van der Waals surface area (Å²) < 4.78 is 11.0. The third-order valence-corrected chi connectivity index (χ3v) is 6.36. The van der Waals surface area contributed by atoms with Crippen molar-refractivity contribution in [3.63, 3.8) is 0 Å². The lowest BCUT2D eigenvalue weighted by Crippen LogP contribution is -2.34. The van der Waals surface area contributed by atoms with Crippen LogP contribution in [0.5, 0.6) is 0 Å². The zero-order valence-corrected chi connectivity index (χ0v) is 23.4. The Labute approximate surface area is 233 Å². The molecule has 0 radical (unpaired) electrons. The number of aromatic nitrogens is 1. The predicted molar refractivity (Wildman–Crippen MR) is 147 cm³/mol. The van der Waals surface area contributed by atoms with Crippen molar-refractivity contribution in [2.24, 2.45) is 17.3 Å². The van der Waals surface area contributed by atoms with Crippen LogP contribution in [0.2, 0.25) is 0 Å². The van der Waals surface area contributed by atoms with Crippen molar-refractivity contribution in [2.75, 3.05) is 6.54 Å². The van der Waals surface area contributed by atoms with Gasteiger partial charge in [0.1, 0.15) is 5.69 Å². The van der Waals surface area contributed by atoms with E-state index in [1.165, 1.54) is 30.3 Å². The van der Waals surface area contributed by atoms with E-state index in [0.29, 0.717) is 23.6 Å². The zero-order valence-electron chi connectivity index (χ0n) is 23.4. The molecule has 1 aliphatic carbocycles. The molecule has 214 valence electrons. The second-order valence-corrected chi connectivity index (χ2v) is 11.2. The summed E-state index contributed by atoms with van der Waals surface area (Å²) in [5.74, 6) is -3.39. The van der Waals surface area contributed by atoms with Crippen LogP contribution in [-0.4, -0.2) is 51.8 Å².